The highest BCUT2D eigenvalue weighted by atomic mass is 16.3. The largest absolute Gasteiger partial charge is 0.512 e. The average molecular weight is 291 g/mol. The van der Waals surface area contributed by atoms with E-state index >= 15 is 0 Å². The van der Waals surface area contributed by atoms with Gasteiger partial charge in [0.2, 0.25) is 0 Å². The molecule has 1 aliphatic carbocycles. The summed E-state index contributed by atoms with van der Waals surface area (Å²) in [6.45, 7) is 8.10. The minimum atomic E-state index is 0.613. The molecular weight excluding hydrogens is 258 g/mol. The SMILES string of the molecule is CCCCCC1=C(O)CC2CCN(CCCCC)CC2=C1. The number of likely N-dealkylation sites (tertiary alicyclic amines) is 1. The van der Waals surface area contributed by atoms with E-state index in [0.717, 1.165) is 19.4 Å². The van der Waals surface area contributed by atoms with Crippen LogP contribution >= 0.6 is 0 Å². The molecule has 1 N–H and O–H groups in total. The standard InChI is InChI=1S/C19H33NO/c1-3-5-7-9-17-13-18-15-20(11-8-6-4-2)12-10-16(18)14-19(17)21/h13,16,21H,3-12,14-15H2,1-2H3. The number of hydrogen-bond donors (Lipinski definition) is 1. The van der Waals surface area contributed by atoms with E-state index < -0.39 is 0 Å². The second-order valence-electron chi connectivity index (χ2n) is 6.82. The van der Waals surface area contributed by atoms with Crippen LogP contribution < -0.4 is 0 Å². The zero-order valence-electron chi connectivity index (χ0n) is 14.0. The maximum Gasteiger partial charge on any atom is 0.0960 e. The molecule has 0 radical (unpaired) electrons. The molecule has 1 heterocycles. The topological polar surface area (TPSA) is 23.5 Å². The molecule has 1 unspecified atom stereocenters. The lowest BCUT2D eigenvalue weighted by atomic mass is 9.81. The molecule has 0 aromatic carbocycles. The summed E-state index contributed by atoms with van der Waals surface area (Å²) in [7, 11) is 0. The van der Waals surface area contributed by atoms with Crippen LogP contribution in [0.15, 0.2) is 23.0 Å². The van der Waals surface area contributed by atoms with Crippen LogP contribution in [-0.2, 0) is 0 Å². The summed E-state index contributed by atoms with van der Waals surface area (Å²) in [6, 6.07) is 0. The van der Waals surface area contributed by atoms with E-state index in [9.17, 15) is 5.11 Å². The third-order valence-corrected chi connectivity index (χ3v) is 5.02. The van der Waals surface area contributed by atoms with Gasteiger partial charge in [-0.25, -0.2) is 0 Å². The molecule has 2 rings (SSSR count). The normalized spacial score (nSPS) is 23.1. The zero-order chi connectivity index (χ0) is 15.1. The van der Waals surface area contributed by atoms with Gasteiger partial charge in [0.05, 0.1) is 5.76 Å². The van der Waals surface area contributed by atoms with Crippen molar-refractivity contribution in [1.29, 1.82) is 0 Å². The number of fused-ring (bicyclic) bond motifs is 1. The van der Waals surface area contributed by atoms with Gasteiger partial charge >= 0.3 is 0 Å². The Balaban J connectivity index is 1.90. The number of allylic oxidation sites excluding steroid dienone is 3. The lowest BCUT2D eigenvalue weighted by molar-refractivity contribution is 0.216. The summed E-state index contributed by atoms with van der Waals surface area (Å²) in [4.78, 5) is 2.62. The Hall–Kier alpha value is -0.760. The number of nitrogens with zero attached hydrogens (tertiary/aromatic N) is 1. The third-order valence-electron chi connectivity index (χ3n) is 5.02. The minimum Gasteiger partial charge on any atom is -0.512 e. The van der Waals surface area contributed by atoms with Gasteiger partial charge in [0.25, 0.3) is 0 Å². The lowest BCUT2D eigenvalue weighted by Crippen LogP contribution is -2.37. The monoisotopic (exact) mass is 291 g/mol. The molecule has 1 aliphatic heterocycles. The fourth-order valence-electron chi connectivity index (χ4n) is 3.62. The van der Waals surface area contributed by atoms with Crippen molar-refractivity contribution in [3.05, 3.63) is 23.0 Å². The highest BCUT2D eigenvalue weighted by molar-refractivity contribution is 5.34. The van der Waals surface area contributed by atoms with Crippen molar-refractivity contribution in [3.63, 3.8) is 0 Å². The van der Waals surface area contributed by atoms with Crippen LogP contribution in [0.25, 0.3) is 0 Å². The van der Waals surface area contributed by atoms with Crippen LogP contribution in [0.2, 0.25) is 0 Å². The van der Waals surface area contributed by atoms with Crippen LogP contribution in [0, 0.1) is 5.92 Å². The van der Waals surface area contributed by atoms with E-state index in [2.05, 4.69) is 24.8 Å². The smallest absolute Gasteiger partial charge is 0.0960 e. The van der Waals surface area contributed by atoms with Crippen LogP contribution in [0.3, 0.4) is 0 Å². The predicted octanol–water partition coefficient (Wildman–Crippen LogP) is 5.22. The molecule has 0 saturated carbocycles. The van der Waals surface area contributed by atoms with Crippen molar-refractivity contribution in [3.8, 4) is 0 Å². The van der Waals surface area contributed by atoms with Crippen LogP contribution in [0.4, 0.5) is 0 Å². The van der Waals surface area contributed by atoms with Gasteiger partial charge in [-0.1, -0.05) is 51.2 Å². The second kappa shape index (κ2) is 8.63. The molecule has 0 bridgehead atoms. The maximum atomic E-state index is 10.3. The fourth-order valence-corrected chi connectivity index (χ4v) is 3.62. The first-order valence-corrected chi connectivity index (χ1v) is 9.08. The molecule has 0 aromatic heterocycles. The summed E-state index contributed by atoms with van der Waals surface area (Å²) in [5.41, 5.74) is 2.81. The van der Waals surface area contributed by atoms with Crippen LogP contribution in [0.1, 0.15) is 71.6 Å². The van der Waals surface area contributed by atoms with Gasteiger partial charge in [-0.05, 0) is 50.3 Å². The number of rotatable bonds is 8. The second-order valence-corrected chi connectivity index (χ2v) is 6.82. The summed E-state index contributed by atoms with van der Waals surface area (Å²) in [5, 5.41) is 10.3. The van der Waals surface area contributed by atoms with Gasteiger partial charge in [0, 0.05) is 13.0 Å². The van der Waals surface area contributed by atoms with Crippen molar-refractivity contribution in [2.75, 3.05) is 19.6 Å². The van der Waals surface area contributed by atoms with E-state index in [1.807, 2.05) is 0 Å². The number of aliphatic hydroxyl groups is 1. The highest BCUT2D eigenvalue weighted by Gasteiger charge is 2.28. The van der Waals surface area contributed by atoms with Crippen molar-refractivity contribution in [2.24, 2.45) is 5.92 Å². The Morgan fingerprint density at radius 2 is 1.90 bits per heavy atom. The predicted molar refractivity (Wildman–Crippen MR) is 90.6 cm³/mol. The Labute approximate surface area is 130 Å². The average Bonchev–Trinajstić information content (AvgIpc) is 2.48. The minimum absolute atomic E-state index is 0.613. The summed E-state index contributed by atoms with van der Waals surface area (Å²) >= 11 is 0. The zero-order valence-corrected chi connectivity index (χ0v) is 14.0. The number of hydrogen-bond acceptors (Lipinski definition) is 2. The van der Waals surface area contributed by atoms with Crippen molar-refractivity contribution in [1.82, 2.24) is 4.90 Å². The van der Waals surface area contributed by atoms with E-state index in [-0.39, 0.29) is 0 Å². The van der Waals surface area contributed by atoms with E-state index in [1.165, 1.54) is 63.6 Å². The van der Waals surface area contributed by atoms with Crippen molar-refractivity contribution < 1.29 is 5.11 Å². The van der Waals surface area contributed by atoms with Gasteiger partial charge in [-0.15, -0.1) is 0 Å². The van der Waals surface area contributed by atoms with E-state index in [0.29, 0.717) is 11.7 Å². The van der Waals surface area contributed by atoms with Crippen molar-refractivity contribution >= 4 is 0 Å². The van der Waals surface area contributed by atoms with Gasteiger partial charge < -0.3 is 5.11 Å². The van der Waals surface area contributed by atoms with E-state index in [4.69, 9.17) is 0 Å². The lowest BCUT2D eigenvalue weighted by Gasteiger charge is -2.36. The molecule has 1 atom stereocenters. The summed E-state index contributed by atoms with van der Waals surface area (Å²) < 4.78 is 0. The fraction of sp³-hybridized carbons (Fsp3) is 0.789. The quantitative estimate of drug-likeness (QED) is 0.620. The molecular formula is C19H33NO. The maximum absolute atomic E-state index is 10.3. The number of unbranched alkanes of at least 4 members (excludes halogenated alkanes) is 4. The molecule has 2 heteroatoms. The Kier molecular flexibility index (Phi) is 6.82. The molecule has 0 amide bonds. The molecule has 21 heavy (non-hydrogen) atoms. The molecule has 2 aliphatic rings. The van der Waals surface area contributed by atoms with Gasteiger partial charge in [-0.2, -0.15) is 0 Å². The Morgan fingerprint density at radius 3 is 2.67 bits per heavy atom. The Bertz CT molecular complexity index is 381. The summed E-state index contributed by atoms with van der Waals surface area (Å²) in [5.74, 6) is 1.29. The van der Waals surface area contributed by atoms with E-state index in [1.54, 1.807) is 5.57 Å². The first-order chi connectivity index (χ1) is 10.2. The molecule has 0 spiro atoms. The molecule has 2 nitrogen and oxygen atoms in total. The van der Waals surface area contributed by atoms with Gasteiger partial charge in [-0.3, -0.25) is 4.90 Å². The molecule has 0 aromatic rings. The highest BCUT2D eigenvalue weighted by Crippen LogP contribution is 2.35. The third kappa shape index (κ3) is 4.88. The molecule has 120 valence electrons. The van der Waals surface area contributed by atoms with Crippen LogP contribution in [-0.4, -0.2) is 29.6 Å². The summed E-state index contributed by atoms with van der Waals surface area (Å²) in [6.07, 6.45) is 13.2. The Morgan fingerprint density at radius 1 is 1.14 bits per heavy atom. The van der Waals surface area contributed by atoms with Gasteiger partial charge in [0.15, 0.2) is 0 Å². The number of piperidine rings is 1. The number of aliphatic hydroxyl groups excluding tert-OH is 1. The van der Waals surface area contributed by atoms with Crippen molar-refractivity contribution in [2.45, 2.75) is 71.6 Å². The first kappa shape index (κ1) is 16.6. The molecule has 1 fully saturated rings. The first-order valence-electron chi connectivity index (χ1n) is 9.08. The van der Waals surface area contributed by atoms with Gasteiger partial charge in [0.1, 0.15) is 0 Å². The molecule has 1 saturated heterocycles. The van der Waals surface area contributed by atoms with Crippen LogP contribution in [0.5, 0.6) is 0 Å².